The van der Waals surface area contributed by atoms with E-state index in [1.165, 1.54) is 0 Å². The molecule has 1 aliphatic carbocycles. The molecule has 1 heterocycles. The van der Waals surface area contributed by atoms with E-state index < -0.39 is 5.41 Å². The molecule has 88 valence electrons. The van der Waals surface area contributed by atoms with Crippen LogP contribution in [0, 0.1) is 6.92 Å². The Morgan fingerprint density at radius 1 is 1.44 bits per heavy atom. The van der Waals surface area contributed by atoms with Gasteiger partial charge in [0.15, 0.2) is 5.82 Å². The summed E-state index contributed by atoms with van der Waals surface area (Å²) in [5.74, 6) is 1.47. The van der Waals surface area contributed by atoms with E-state index in [2.05, 4.69) is 10.2 Å². The molecule has 1 fully saturated rings. The first-order chi connectivity index (χ1) is 7.65. The molecule has 16 heavy (non-hydrogen) atoms. The minimum absolute atomic E-state index is 0.155. The van der Waals surface area contributed by atoms with Gasteiger partial charge < -0.3 is 9.30 Å². The maximum atomic E-state index is 11.9. The summed E-state index contributed by atoms with van der Waals surface area (Å²) < 4.78 is 7.10. The van der Waals surface area contributed by atoms with Gasteiger partial charge in [-0.15, -0.1) is 10.2 Å². The summed E-state index contributed by atoms with van der Waals surface area (Å²) in [5.41, 5.74) is -0.507. The molecule has 1 aromatic heterocycles. The van der Waals surface area contributed by atoms with Crippen molar-refractivity contribution in [2.45, 2.75) is 45.6 Å². The molecule has 0 saturated heterocycles. The van der Waals surface area contributed by atoms with Gasteiger partial charge in [0.05, 0.1) is 6.61 Å². The molecule has 1 aromatic rings. The van der Waals surface area contributed by atoms with Crippen molar-refractivity contribution in [2.75, 3.05) is 6.61 Å². The summed E-state index contributed by atoms with van der Waals surface area (Å²) in [4.78, 5) is 11.9. The molecule has 0 atom stereocenters. The lowest BCUT2D eigenvalue weighted by molar-refractivity contribution is -0.146. The van der Waals surface area contributed by atoms with E-state index in [4.69, 9.17) is 4.74 Å². The highest BCUT2D eigenvalue weighted by Crippen LogP contribution is 2.48. The molecule has 0 bridgehead atoms. The van der Waals surface area contributed by atoms with Crippen LogP contribution in [0.4, 0.5) is 0 Å². The van der Waals surface area contributed by atoms with Crippen molar-refractivity contribution in [3.05, 3.63) is 11.6 Å². The van der Waals surface area contributed by atoms with Crippen molar-refractivity contribution in [1.29, 1.82) is 0 Å². The van der Waals surface area contributed by atoms with Gasteiger partial charge in [-0.3, -0.25) is 4.79 Å². The maximum Gasteiger partial charge on any atom is 0.319 e. The fraction of sp³-hybridized carbons (Fsp3) is 0.727. The van der Waals surface area contributed by atoms with Gasteiger partial charge in [0.2, 0.25) is 0 Å². The minimum Gasteiger partial charge on any atom is -0.465 e. The predicted molar refractivity (Wildman–Crippen MR) is 58.0 cm³/mol. The monoisotopic (exact) mass is 223 g/mol. The van der Waals surface area contributed by atoms with Gasteiger partial charge >= 0.3 is 5.97 Å². The number of nitrogens with zero attached hydrogens (tertiary/aromatic N) is 3. The molecule has 0 aliphatic heterocycles. The van der Waals surface area contributed by atoms with Crippen molar-refractivity contribution in [2.24, 2.45) is 0 Å². The van der Waals surface area contributed by atoms with E-state index in [-0.39, 0.29) is 5.97 Å². The van der Waals surface area contributed by atoms with Crippen LogP contribution >= 0.6 is 0 Å². The van der Waals surface area contributed by atoms with Gasteiger partial charge in [0.1, 0.15) is 11.2 Å². The molecular weight excluding hydrogens is 206 g/mol. The van der Waals surface area contributed by atoms with Crippen molar-refractivity contribution in [1.82, 2.24) is 14.8 Å². The highest BCUT2D eigenvalue weighted by molar-refractivity contribution is 5.85. The van der Waals surface area contributed by atoms with Gasteiger partial charge in [-0.1, -0.05) is 0 Å². The number of aryl methyl sites for hydroxylation is 1. The summed E-state index contributed by atoms with van der Waals surface area (Å²) >= 11 is 0. The third kappa shape index (κ3) is 1.50. The van der Waals surface area contributed by atoms with E-state index in [1.807, 2.05) is 25.3 Å². The van der Waals surface area contributed by atoms with Crippen LogP contribution in [0.5, 0.6) is 0 Å². The van der Waals surface area contributed by atoms with Crippen LogP contribution in [0.1, 0.15) is 38.3 Å². The smallest absolute Gasteiger partial charge is 0.319 e. The van der Waals surface area contributed by atoms with E-state index in [1.54, 1.807) is 0 Å². The van der Waals surface area contributed by atoms with Gasteiger partial charge in [0, 0.05) is 6.54 Å². The zero-order valence-corrected chi connectivity index (χ0v) is 9.99. The predicted octanol–water partition coefficient (Wildman–Crippen LogP) is 1.20. The topological polar surface area (TPSA) is 57.0 Å². The van der Waals surface area contributed by atoms with E-state index in [9.17, 15) is 4.79 Å². The van der Waals surface area contributed by atoms with Crippen LogP contribution in [-0.4, -0.2) is 27.3 Å². The molecule has 0 unspecified atom stereocenters. The van der Waals surface area contributed by atoms with Gasteiger partial charge in [-0.2, -0.15) is 0 Å². The summed E-state index contributed by atoms with van der Waals surface area (Å²) in [5, 5.41) is 8.18. The summed E-state index contributed by atoms with van der Waals surface area (Å²) in [7, 11) is 0. The second-order valence-electron chi connectivity index (χ2n) is 4.12. The average molecular weight is 223 g/mol. The molecule has 0 amide bonds. The molecule has 5 nitrogen and oxygen atoms in total. The van der Waals surface area contributed by atoms with Gasteiger partial charge in [0.25, 0.3) is 0 Å². The first-order valence-corrected chi connectivity index (χ1v) is 5.73. The van der Waals surface area contributed by atoms with E-state index in [0.29, 0.717) is 6.61 Å². The Hall–Kier alpha value is -1.39. The standard InChI is InChI=1S/C11H17N3O2/c1-4-14-8(3)12-13-9(14)11(6-7-11)10(15)16-5-2/h4-7H2,1-3H3. The Labute approximate surface area is 94.8 Å². The number of carbonyl (C=O) groups excluding carboxylic acids is 1. The van der Waals surface area contributed by atoms with E-state index in [0.717, 1.165) is 31.0 Å². The minimum atomic E-state index is -0.507. The van der Waals surface area contributed by atoms with Crippen LogP contribution < -0.4 is 0 Å². The van der Waals surface area contributed by atoms with Crippen LogP contribution in [0.2, 0.25) is 0 Å². The molecule has 2 rings (SSSR count). The lowest BCUT2D eigenvalue weighted by atomic mass is 10.1. The largest absolute Gasteiger partial charge is 0.465 e. The zero-order chi connectivity index (χ0) is 11.8. The Balaban J connectivity index is 2.33. The molecule has 1 aliphatic rings. The summed E-state index contributed by atoms with van der Waals surface area (Å²) in [6.07, 6.45) is 1.65. The van der Waals surface area contributed by atoms with Crippen LogP contribution in [-0.2, 0) is 21.5 Å². The van der Waals surface area contributed by atoms with Crippen LogP contribution in [0.25, 0.3) is 0 Å². The van der Waals surface area contributed by atoms with Crippen molar-refractivity contribution >= 4 is 5.97 Å². The fourth-order valence-electron chi connectivity index (χ4n) is 2.03. The number of hydrogen-bond donors (Lipinski definition) is 0. The van der Waals surface area contributed by atoms with Crippen molar-refractivity contribution in [3.63, 3.8) is 0 Å². The molecule has 0 radical (unpaired) electrons. The number of ether oxygens (including phenoxy) is 1. The highest BCUT2D eigenvalue weighted by Gasteiger charge is 2.56. The Bertz CT molecular complexity index is 407. The van der Waals surface area contributed by atoms with Crippen LogP contribution in [0.15, 0.2) is 0 Å². The maximum absolute atomic E-state index is 11.9. The Morgan fingerprint density at radius 2 is 2.12 bits per heavy atom. The number of aromatic nitrogens is 3. The molecule has 0 aromatic carbocycles. The summed E-state index contributed by atoms with van der Waals surface area (Å²) in [6, 6.07) is 0. The SMILES string of the molecule is CCOC(=O)C1(c2nnc(C)n2CC)CC1. The second-order valence-corrected chi connectivity index (χ2v) is 4.12. The van der Waals surface area contributed by atoms with Gasteiger partial charge in [-0.05, 0) is 33.6 Å². The Kier molecular flexibility index (Phi) is 2.69. The molecule has 5 heteroatoms. The highest BCUT2D eigenvalue weighted by atomic mass is 16.5. The third-order valence-electron chi connectivity index (χ3n) is 3.10. The lowest BCUT2D eigenvalue weighted by Crippen LogP contribution is -2.27. The Morgan fingerprint density at radius 3 is 2.62 bits per heavy atom. The lowest BCUT2D eigenvalue weighted by Gasteiger charge is -2.14. The molecule has 0 N–H and O–H groups in total. The number of rotatable bonds is 4. The third-order valence-corrected chi connectivity index (χ3v) is 3.10. The fourth-order valence-corrected chi connectivity index (χ4v) is 2.03. The summed E-state index contributed by atoms with van der Waals surface area (Å²) in [6.45, 7) is 6.96. The van der Waals surface area contributed by atoms with Crippen molar-refractivity contribution in [3.8, 4) is 0 Å². The zero-order valence-electron chi connectivity index (χ0n) is 9.99. The quantitative estimate of drug-likeness (QED) is 0.720. The molecule has 0 spiro atoms. The molecule has 1 saturated carbocycles. The first kappa shape index (κ1) is 11.1. The molecular formula is C11H17N3O2. The van der Waals surface area contributed by atoms with Crippen LogP contribution in [0.3, 0.4) is 0 Å². The normalized spacial score (nSPS) is 17.2. The van der Waals surface area contributed by atoms with Crippen molar-refractivity contribution < 1.29 is 9.53 Å². The second kappa shape index (κ2) is 3.88. The first-order valence-electron chi connectivity index (χ1n) is 5.73. The number of hydrogen-bond acceptors (Lipinski definition) is 4. The average Bonchev–Trinajstić information content (AvgIpc) is 2.98. The van der Waals surface area contributed by atoms with Gasteiger partial charge in [-0.25, -0.2) is 0 Å². The number of carbonyl (C=O) groups is 1. The number of esters is 1. The van der Waals surface area contributed by atoms with E-state index >= 15 is 0 Å².